The second-order valence-electron chi connectivity index (χ2n) is 4.81. The Balaban J connectivity index is 1.60. The van der Waals surface area contributed by atoms with Crippen LogP contribution in [0.15, 0.2) is 67.2 Å². The van der Waals surface area contributed by atoms with Gasteiger partial charge in [0.2, 0.25) is 0 Å². The van der Waals surface area contributed by atoms with Crippen molar-refractivity contribution in [2.45, 2.75) is 0 Å². The maximum atomic E-state index is 11.8. The number of rotatable bonds is 5. The molecule has 0 spiro atoms. The summed E-state index contributed by atoms with van der Waals surface area (Å²) in [5.41, 5.74) is 2.39. The maximum Gasteiger partial charge on any atom is 0.277 e. The molecule has 5 nitrogen and oxygen atoms in total. The highest BCUT2D eigenvalue weighted by Crippen LogP contribution is 2.31. The Morgan fingerprint density at radius 1 is 1.12 bits per heavy atom. The van der Waals surface area contributed by atoms with Gasteiger partial charge in [0.25, 0.3) is 5.91 Å². The second kappa shape index (κ2) is 7.63. The predicted octanol–water partition coefficient (Wildman–Crippen LogP) is 4.49. The number of hydrogen-bond acceptors (Lipinski definition) is 4. The third-order valence-corrected chi connectivity index (χ3v) is 4.28. The fourth-order valence-corrected chi connectivity index (χ4v) is 2.90. The number of ether oxygens (including phenoxy) is 1. The van der Waals surface area contributed by atoms with Crippen LogP contribution in [0.3, 0.4) is 0 Å². The van der Waals surface area contributed by atoms with Gasteiger partial charge in [-0.25, -0.2) is 5.43 Å². The fourth-order valence-electron chi connectivity index (χ4n) is 2.10. The van der Waals surface area contributed by atoms with Crippen LogP contribution in [0.1, 0.15) is 5.76 Å². The summed E-state index contributed by atoms with van der Waals surface area (Å²) in [7, 11) is 0. The summed E-state index contributed by atoms with van der Waals surface area (Å²) >= 11 is 6.69. The van der Waals surface area contributed by atoms with Crippen molar-refractivity contribution >= 4 is 54.8 Å². The third-order valence-electron chi connectivity index (χ3n) is 3.16. The van der Waals surface area contributed by atoms with E-state index in [9.17, 15) is 4.79 Å². The zero-order chi connectivity index (χ0) is 16.9. The van der Waals surface area contributed by atoms with Crippen LogP contribution >= 0.6 is 31.9 Å². The summed E-state index contributed by atoms with van der Waals surface area (Å²) in [6.45, 7) is -0.134. The van der Waals surface area contributed by atoms with E-state index in [1.165, 1.54) is 6.21 Å². The van der Waals surface area contributed by atoms with Gasteiger partial charge in [0.1, 0.15) is 11.5 Å². The second-order valence-corrected chi connectivity index (χ2v) is 6.45. The molecule has 2 aromatic carbocycles. The largest absolute Gasteiger partial charge is 0.483 e. The van der Waals surface area contributed by atoms with E-state index in [0.717, 1.165) is 15.2 Å². The fraction of sp³-hybridized carbons (Fsp3) is 0.0588. The summed E-state index contributed by atoms with van der Waals surface area (Å²) in [6, 6.07) is 15.0. The summed E-state index contributed by atoms with van der Waals surface area (Å²) in [5.74, 6) is 0.814. The Kier molecular flexibility index (Phi) is 5.32. The molecule has 24 heavy (non-hydrogen) atoms. The van der Waals surface area contributed by atoms with Crippen LogP contribution in [0.2, 0.25) is 0 Å². The number of fused-ring (bicyclic) bond motifs is 1. The van der Waals surface area contributed by atoms with E-state index in [0.29, 0.717) is 16.2 Å². The Labute approximate surface area is 154 Å². The number of amides is 1. The SMILES string of the molecule is O=C(COc1ccc(Br)c2ccccc12)N/N=C/c1ccc(Br)o1. The molecule has 0 bridgehead atoms. The molecule has 0 saturated carbocycles. The number of benzene rings is 2. The highest BCUT2D eigenvalue weighted by atomic mass is 79.9. The zero-order valence-electron chi connectivity index (χ0n) is 12.3. The lowest BCUT2D eigenvalue weighted by atomic mass is 10.1. The first kappa shape index (κ1) is 16.7. The first-order chi connectivity index (χ1) is 11.6. The van der Waals surface area contributed by atoms with Crippen LogP contribution in [0.5, 0.6) is 5.75 Å². The molecular formula is C17H12Br2N2O3. The third kappa shape index (κ3) is 4.04. The van der Waals surface area contributed by atoms with Crippen molar-refractivity contribution in [2.24, 2.45) is 5.10 Å². The number of hydrazone groups is 1. The lowest BCUT2D eigenvalue weighted by Gasteiger charge is -2.09. The first-order valence-corrected chi connectivity index (χ1v) is 8.59. The molecule has 0 fully saturated rings. The van der Waals surface area contributed by atoms with Crippen LogP contribution in [-0.2, 0) is 4.79 Å². The predicted molar refractivity (Wildman–Crippen MR) is 99.3 cm³/mol. The number of carbonyl (C=O) groups is 1. The molecule has 1 aromatic heterocycles. The quantitative estimate of drug-likeness (QED) is 0.459. The van der Waals surface area contributed by atoms with Gasteiger partial charge in [-0.15, -0.1) is 0 Å². The van der Waals surface area contributed by atoms with Crippen LogP contribution < -0.4 is 10.2 Å². The smallest absolute Gasteiger partial charge is 0.277 e. The van der Waals surface area contributed by atoms with E-state index in [1.54, 1.807) is 12.1 Å². The molecule has 0 atom stereocenters. The molecule has 0 unspecified atom stereocenters. The van der Waals surface area contributed by atoms with Crippen molar-refractivity contribution in [3.8, 4) is 5.75 Å². The number of nitrogens with one attached hydrogen (secondary N) is 1. The maximum absolute atomic E-state index is 11.8. The van der Waals surface area contributed by atoms with Gasteiger partial charge in [0.15, 0.2) is 11.3 Å². The van der Waals surface area contributed by atoms with Gasteiger partial charge in [0.05, 0.1) is 6.21 Å². The number of hydrogen-bond donors (Lipinski definition) is 1. The minimum absolute atomic E-state index is 0.134. The molecular weight excluding hydrogens is 440 g/mol. The van der Waals surface area contributed by atoms with Crippen molar-refractivity contribution in [1.29, 1.82) is 0 Å². The molecule has 1 N–H and O–H groups in total. The normalized spacial score (nSPS) is 11.1. The number of nitrogens with zero attached hydrogens (tertiary/aromatic N) is 1. The number of halogens is 2. The number of carbonyl (C=O) groups excluding carboxylic acids is 1. The summed E-state index contributed by atoms with van der Waals surface area (Å²) < 4.78 is 12.4. The average Bonchev–Trinajstić information content (AvgIpc) is 3.00. The van der Waals surface area contributed by atoms with Crippen molar-refractivity contribution in [1.82, 2.24) is 5.43 Å². The molecule has 0 radical (unpaired) electrons. The van der Waals surface area contributed by atoms with E-state index in [-0.39, 0.29) is 12.5 Å². The molecule has 3 rings (SSSR count). The zero-order valence-corrected chi connectivity index (χ0v) is 15.5. The van der Waals surface area contributed by atoms with Crippen molar-refractivity contribution in [3.05, 3.63) is 63.4 Å². The molecule has 0 aliphatic heterocycles. The molecule has 0 aliphatic carbocycles. The van der Waals surface area contributed by atoms with E-state index < -0.39 is 0 Å². The lowest BCUT2D eigenvalue weighted by molar-refractivity contribution is -0.123. The van der Waals surface area contributed by atoms with Crippen LogP contribution in [0.4, 0.5) is 0 Å². The topological polar surface area (TPSA) is 63.8 Å². The monoisotopic (exact) mass is 450 g/mol. The molecule has 3 aromatic rings. The van der Waals surface area contributed by atoms with E-state index in [2.05, 4.69) is 42.4 Å². The summed E-state index contributed by atoms with van der Waals surface area (Å²) in [5, 5.41) is 5.78. The molecule has 122 valence electrons. The van der Waals surface area contributed by atoms with E-state index >= 15 is 0 Å². The van der Waals surface area contributed by atoms with Gasteiger partial charge in [-0.1, -0.05) is 40.2 Å². The molecule has 1 amide bonds. The Morgan fingerprint density at radius 3 is 2.67 bits per heavy atom. The minimum Gasteiger partial charge on any atom is -0.483 e. The van der Waals surface area contributed by atoms with Gasteiger partial charge in [-0.2, -0.15) is 5.10 Å². The van der Waals surface area contributed by atoms with Gasteiger partial charge in [-0.3, -0.25) is 4.79 Å². The Bertz CT molecular complexity index is 906. The van der Waals surface area contributed by atoms with Crippen LogP contribution in [-0.4, -0.2) is 18.7 Å². The van der Waals surface area contributed by atoms with E-state index in [1.807, 2.05) is 36.4 Å². The lowest BCUT2D eigenvalue weighted by Crippen LogP contribution is -2.24. The van der Waals surface area contributed by atoms with Gasteiger partial charge >= 0.3 is 0 Å². The van der Waals surface area contributed by atoms with Crippen LogP contribution in [0.25, 0.3) is 10.8 Å². The highest BCUT2D eigenvalue weighted by Gasteiger charge is 2.07. The highest BCUT2D eigenvalue weighted by molar-refractivity contribution is 9.10. The molecule has 1 heterocycles. The molecule has 0 aliphatic rings. The minimum atomic E-state index is -0.358. The summed E-state index contributed by atoms with van der Waals surface area (Å²) in [4.78, 5) is 11.8. The van der Waals surface area contributed by atoms with Crippen molar-refractivity contribution in [3.63, 3.8) is 0 Å². The van der Waals surface area contributed by atoms with Gasteiger partial charge in [-0.05, 0) is 45.6 Å². The van der Waals surface area contributed by atoms with Gasteiger partial charge < -0.3 is 9.15 Å². The first-order valence-electron chi connectivity index (χ1n) is 7.01. The standard InChI is InChI=1S/C17H12Br2N2O3/c18-14-6-7-15(13-4-2-1-3-12(13)14)23-10-17(22)21-20-9-11-5-8-16(19)24-11/h1-9H,10H2,(H,21,22)/b20-9+. The Hall–Kier alpha value is -2.12. The number of furan rings is 1. The summed E-state index contributed by atoms with van der Waals surface area (Å²) in [6.07, 6.45) is 1.41. The molecule has 0 saturated heterocycles. The van der Waals surface area contributed by atoms with E-state index in [4.69, 9.17) is 9.15 Å². The Morgan fingerprint density at radius 2 is 1.92 bits per heavy atom. The van der Waals surface area contributed by atoms with Gasteiger partial charge in [0, 0.05) is 9.86 Å². The van der Waals surface area contributed by atoms with Crippen molar-refractivity contribution < 1.29 is 13.9 Å². The van der Waals surface area contributed by atoms with Crippen LogP contribution in [0, 0.1) is 0 Å². The van der Waals surface area contributed by atoms with Crippen molar-refractivity contribution in [2.75, 3.05) is 6.61 Å². The average molecular weight is 452 g/mol. The molecule has 7 heteroatoms.